The Morgan fingerprint density at radius 2 is 1.59 bits per heavy atom. The quantitative estimate of drug-likeness (QED) is 0.149. The van der Waals surface area contributed by atoms with Crippen molar-refractivity contribution >= 4 is 5.69 Å². The Labute approximate surface area is 180 Å². The molecule has 14 heteroatoms. The summed E-state index contributed by atoms with van der Waals surface area (Å²) in [5.74, 6) is -2.81. The molecule has 180 valence electrons. The second kappa shape index (κ2) is 9.58. The zero-order valence-electron chi connectivity index (χ0n) is 16.5. The first-order chi connectivity index (χ1) is 15.1. The maximum absolute atomic E-state index is 11.3. The summed E-state index contributed by atoms with van der Waals surface area (Å²) in [6.45, 7) is -1.66. The van der Waals surface area contributed by atoms with Gasteiger partial charge in [-0.1, -0.05) is 12.1 Å². The van der Waals surface area contributed by atoms with Crippen LogP contribution in [0.5, 0.6) is 0 Å². The number of aliphatic hydroxyl groups is 8. The van der Waals surface area contributed by atoms with Crippen molar-refractivity contribution in [3.8, 4) is 0 Å². The molecule has 1 unspecified atom stereocenters. The summed E-state index contributed by atoms with van der Waals surface area (Å²) >= 11 is 0. The summed E-state index contributed by atoms with van der Waals surface area (Å²) in [4.78, 5) is 10.5. The average molecular weight is 463 g/mol. The van der Waals surface area contributed by atoms with E-state index >= 15 is 0 Å². The van der Waals surface area contributed by atoms with Crippen LogP contribution >= 0.6 is 0 Å². The number of rotatable bonds is 6. The fourth-order valence-corrected chi connectivity index (χ4v) is 3.80. The van der Waals surface area contributed by atoms with Gasteiger partial charge in [-0.2, -0.15) is 0 Å². The molecule has 3 rings (SSSR count). The fraction of sp³-hybridized carbons (Fsp3) is 0.667. The minimum Gasteiger partial charge on any atom is -0.394 e. The third-order valence-corrected chi connectivity index (χ3v) is 5.56. The molecule has 0 aromatic heterocycles. The highest BCUT2D eigenvalue weighted by atomic mass is 16.7. The number of benzene rings is 1. The van der Waals surface area contributed by atoms with Crippen LogP contribution in [-0.4, -0.2) is 114 Å². The minimum atomic E-state index is -2.81. The molecule has 8 N–H and O–H groups in total. The molecule has 2 aliphatic rings. The number of ether oxygens (including phenoxy) is 3. The Morgan fingerprint density at radius 3 is 2.19 bits per heavy atom. The van der Waals surface area contributed by atoms with Gasteiger partial charge in [0.25, 0.3) is 5.69 Å². The van der Waals surface area contributed by atoms with Gasteiger partial charge in [-0.3, -0.25) is 10.1 Å². The SMILES string of the molecule is O=[N+]([O-])c1ccccc1C1(O)O[C@H](CO)[C@@H](O[C@@H]2O[C@H](CO)[C@H](O)[C@H](O)[C@H]2O)[C@H](O)[C@H]1O. The smallest absolute Gasteiger partial charge is 0.278 e. The van der Waals surface area contributed by atoms with Gasteiger partial charge in [0, 0.05) is 6.07 Å². The first kappa shape index (κ1) is 24.8. The molecule has 0 bridgehead atoms. The molecule has 10 atom stereocenters. The van der Waals surface area contributed by atoms with Crippen LogP contribution in [0.15, 0.2) is 24.3 Å². The highest BCUT2D eigenvalue weighted by molar-refractivity contribution is 5.44. The predicted molar refractivity (Wildman–Crippen MR) is 99.6 cm³/mol. The van der Waals surface area contributed by atoms with Crippen LogP contribution < -0.4 is 0 Å². The van der Waals surface area contributed by atoms with Crippen LogP contribution in [0, 0.1) is 10.1 Å². The molecule has 1 aromatic carbocycles. The van der Waals surface area contributed by atoms with E-state index in [1.54, 1.807) is 0 Å². The lowest BCUT2D eigenvalue weighted by molar-refractivity contribution is -0.404. The van der Waals surface area contributed by atoms with Gasteiger partial charge >= 0.3 is 0 Å². The topological polar surface area (TPSA) is 233 Å². The highest BCUT2D eigenvalue weighted by Gasteiger charge is 2.58. The lowest BCUT2D eigenvalue weighted by Crippen LogP contribution is -2.67. The van der Waals surface area contributed by atoms with Gasteiger partial charge in [0.05, 0.1) is 23.7 Å². The van der Waals surface area contributed by atoms with E-state index in [4.69, 9.17) is 14.2 Å². The van der Waals surface area contributed by atoms with Crippen molar-refractivity contribution in [2.45, 2.75) is 60.9 Å². The van der Waals surface area contributed by atoms with Gasteiger partial charge in [-0.25, -0.2) is 0 Å². The predicted octanol–water partition coefficient (Wildman–Crippen LogP) is -3.96. The molecule has 0 aliphatic carbocycles. The van der Waals surface area contributed by atoms with E-state index in [0.717, 1.165) is 12.1 Å². The monoisotopic (exact) mass is 463 g/mol. The number of aliphatic hydroxyl groups excluding tert-OH is 7. The molecule has 32 heavy (non-hydrogen) atoms. The van der Waals surface area contributed by atoms with Crippen molar-refractivity contribution < 1.29 is 60.0 Å². The van der Waals surface area contributed by atoms with Crippen molar-refractivity contribution in [1.82, 2.24) is 0 Å². The molecule has 0 saturated carbocycles. The molecule has 0 amide bonds. The van der Waals surface area contributed by atoms with Gasteiger partial charge in [0.1, 0.15) is 48.8 Å². The van der Waals surface area contributed by atoms with E-state index in [1.807, 2.05) is 0 Å². The lowest BCUT2D eigenvalue weighted by atomic mass is 9.87. The fourth-order valence-electron chi connectivity index (χ4n) is 3.80. The molecular weight excluding hydrogens is 438 g/mol. The van der Waals surface area contributed by atoms with Crippen molar-refractivity contribution in [1.29, 1.82) is 0 Å². The Bertz CT molecular complexity index is 807. The second-order valence-electron chi connectivity index (χ2n) is 7.54. The van der Waals surface area contributed by atoms with Crippen molar-refractivity contribution in [2.75, 3.05) is 13.2 Å². The van der Waals surface area contributed by atoms with Gasteiger partial charge < -0.3 is 55.1 Å². The summed E-state index contributed by atoms with van der Waals surface area (Å²) in [6.07, 6.45) is -15.9. The Balaban J connectivity index is 1.89. The van der Waals surface area contributed by atoms with Gasteiger partial charge in [0.2, 0.25) is 5.79 Å². The van der Waals surface area contributed by atoms with E-state index in [9.17, 15) is 51.0 Å². The number of para-hydroxylation sites is 1. The molecule has 2 saturated heterocycles. The van der Waals surface area contributed by atoms with Gasteiger partial charge in [-0.15, -0.1) is 0 Å². The maximum atomic E-state index is 11.3. The molecule has 14 nitrogen and oxygen atoms in total. The summed E-state index contributed by atoms with van der Waals surface area (Å²) in [6, 6.07) is 4.78. The van der Waals surface area contributed by atoms with E-state index in [0.29, 0.717) is 0 Å². The van der Waals surface area contributed by atoms with Crippen LogP contribution in [0.1, 0.15) is 5.56 Å². The third-order valence-electron chi connectivity index (χ3n) is 5.56. The molecular formula is C18H25NO13. The van der Waals surface area contributed by atoms with Crippen LogP contribution in [0.2, 0.25) is 0 Å². The molecule has 2 aliphatic heterocycles. The molecule has 2 fully saturated rings. The number of hydrogen-bond acceptors (Lipinski definition) is 13. The normalized spacial score (nSPS) is 42.6. The highest BCUT2D eigenvalue weighted by Crippen LogP contribution is 2.41. The Kier molecular flexibility index (Phi) is 7.43. The zero-order valence-corrected chi connectivity index (χ0v) is 16.5. The largest absolute Gasteiger partial charge is 0.394 e. The van der Waals surface area contributed by atoms with E-state index in [2.05, 4.69) is 0 Å². The first-order valence-electron chi connectivity index (χ1n) is 9.63. The van der Waals surface area contributed by atoms with Crippen molar-refractivity contribution in [3.05, 3.63) is 39.9 Å². The summed E-state index contributed by atoms with van der Waals surface area (Å²) in [7, 11) is 0. The maximum Gasteiger partial charge on any atom is 0.278 e. The molecule has 1 aromatic rings. The number of nitro benzene ring substituents is 1. The molecule has 2 heterocycles. The molecule has 0 radical (unpaired) electrons. The van der Waals surface area contributed by atoms with Gasteiger partial charge in [-0.05, 0) is 6.07 Å². The summed E-state index contributed by atoms with van der Waals surface area (Å²) < 4.78 is 15.9. The van der Waals surface area contributed by atoms with Crippen LogP contribution in [-0.2, 0) is 20.0 Å². The van der Waals surface area contributed by atoms with Crippen LogP contribution in [0.3, 0.4) is 0 Å². The lowest BCUT2D eigenvalue weighted by Gasteiger charge is -2.48. The van der Waals surface area contributed by atoms with E-state index in [1.165, 1.54) is 12.1 Å². The standard InChI is InChI=1S/C18H25NO13/c20-5-9-11(22)12(23)13(24)17(30-9)31-15-10(6-21)32-18(27,16(26)14(15)25)7-3-1-2-4-8(7)19(28)29/h1-4,9-17,20-27H,5-6H2/t9-,10-,11+,12+,13-,14+,15-,16-,17+,18?/m1/s1. The van der Waals surface area contributed by atoms with E-state index in [-0.39, 0.29) is 0 Å². The summed E-state index contributed by atoms with van der Waals surface area (Å²) in [5.41, 5.74) is -1.10. The number of nitro groups is 1. The Hall–Kier alpha value is -1.82. The van der Waals surface area contributed by atoms with Crippen molar-refractivity contribution in [2.24, 2.45) is 0 Å². The molecule has 0 spiro atoms. The number of hydrogen-bond donors (Lipinski definition) is 8. The minimum absolute atomic E-state index is 0.485. The van der Waals surface area contributed by atoms with Crippen LogP contribution in [0.4, 0.5) is 5.69 Å². The van der Waals surface area contributed by atoms with E-state index < -0.39 is 90.3 Å². The third kappa shape index (κ3) is 4.23. The number of nitrogens with zero attached hydrogens (tertiary/aromatic N) is 1. The Morgan fingerprint density at radius 1 is 0.969 bits per heavy atom. The second-order valence-corrected chi connectivity index (χ2v) is 7.54. The van der Waals surface area contributed by atoms with Crippen LogP contribution in [0.25, 0.3) is 0 Å². The zero-order chi connectivity index (χ0) is 23.8. The van der Waals surface area contributed by atoms with Crippen molar-refractivity contribution in [3.63, 3.8) is 0 Å². The van der Waals surface area contributed by atoms with Gasteiger partial charge in [0.15, 0.2) is 6.29 Å². The average Bonchev–Trinajstić information content (AvgIpc) is 2.79. The summed E-state index contributed by atoms with van der Waals surface area (Å²) in [5, 5.41) is 92.4. The first-order valence-corrected chi connectivity index (χ1v) is 9.63.